The first-order chi connectivity index (χ1) is 12.6. The molecule has 0 bridgehead atoms. The Bertz CT molecular complexity index is 760. The minimum atomic E-state index is -0.323. The lowest BCUT2D eigenvalue weighted by Crippen LogP contribution is -2.31. The van der Waals surface area contributed by atoms with Crippen LogP contribution in [0.3, 0.4) is 0 Å². The third-order valence-corrected chi connectivity index (χ3v) is 4.95. The average molecular weight is 357 g/mol. The van der Waals surface area contributed by atoms with Gasteiger partial charge in [-0.3, -0.25) is 9.69 Å². The predicted octanol–water partition coefficient (Wildman–Crippen LogP) is 4.08. The van der Waals surface area contributed by atoms with E-state index in [1.165, 1.54) is 12.1 Å². The fourth-order valence-electron chi connectivity index (χ4n) is 3.50. The third kappa shape index (κ3) is 4.22. The van der Waals surface area contributed by atoms with Crippen LogP contribution in [-0.4, -0.2) is 37.5 Å². The number of likely N-dealkylation sites (tertiary alicyclic amines) is 1. The van der Waals surface area contributed by atoms with Gasteiger partial charge in [0.2, 0.25) is 0 Å². The number of carbonyl (C=O) groups is 1. The Morgan fingerprint density at radius 1 is 1.15 bits per heavy atom. The van der Waals surface area contributed by atoms with Gasteiger partial charge in [-0.25, -0.2) is 4.39 Å². The van der Waals surface area contributed by atoms with E-state index in [1.807, 2.05) is 18.2 Å². The van der Waals surface area contributed by atoms with Gasteiger partial charge < -0.3 is 9.47 Å². The van der Waals surface area contributed by atoms with Gasteiger partial charge in [0, 0.05) is 36.2 Å². The quantitative estimate of drug-likeness (QED) is 0.700. The maximum Gasteiger partial charge on any atom is 0.164 e. The Morgan fingerprint density at radius 3 is 2.62 bits per heavy atom. The largest absolute Gasteiger partial charge is 0.497 e. The smallest absolute Gasteiger partial charge is 0.164 e. The standard InChI is InChI=1S/C21H24FNO3/c1-25-19-10-7-16(21(13-19)26-2)14-23-11-3-4-18(23)12-20(24)15-5-8-17(22)9-6-15/h5-10,13,18H,3-4,11-12,14H2,1-2H3. The highest BCUT2D eigenvalue weighted by atomic mass is 19.1. The highest BCUT2D eigenvalue weighted by molar-refractivity contribution is 5.96. The first-order valence-corrected chi connectivity index (χ1v) is 8.84. The molecule has 1 aliphatic rings. The second-order valence-corrected chi connectivity index (χ2v) is 6.58. The number of Topliss-reactive ketones (excluding diaryl/α,β-unsaturated/α-hetero) is 1. The zero-order chi connectivity index (χ0) is 18.5. The molecule has 138 valence electrons. The number of benzene rings is 2. The van der Waals surface area contributed by atoms with Crippen molar-refractivity contribution in [2.24, 2.45) is 0 Å². The summed E-state index contributed by atoms with van der Waals surface area (Å²) < 4.78 is 23.8. The summed E-state index contributed by atoms with van der Waals surface area (Å²) in [5.41, 5.74) is 1.65. The molecule has 4 nitrogen and oxygen atoms in total. The second-order valence-electron chi connectivity index (χ2n) is 6.58. The van der Waals surface area contributed by atoms with Gasteiger partial charge in [-0.15, -0.1) is 0 Å². The van der Waals surface area contributed by atoms with Crippen molar-refractivity contribution in [3.05, 3.63) is 59.4 Å². The highest BCUT2D eigenvalue weighted by Gasteiger charge is 2.27. The molecule has 0 aromatic heterocycles. The number of hydrogen-bond donors (Lipinski definition) is 0. The minimum Gasteiger partial charge on any atom is -0.497 e. The summed E-state index contributed by atoms with van der Waals surface area (Å²) in [5.74, 6) is 1.29. The Kier molecular flexibility index (Phi) is 5.89. The molecule has 0 saturated carbocycles. The molecule has 1 atom stereocenters. The lowest BCUT2D eigenvalue weighted by molar-refractivity contribution is 0.0938. The lowest BCUT2D eigenvalue weighted by Gasteiger charge is -2.25. The van der Waals surface area contributed by atoms with Crippen molar-refractivity contribution in [3.8, 4) is 11.5 Å². The van der Waals surface area contributed by atoms with Gasteiger partial charge in [-0.1, -0.05) is 6.07 Å². The monoisotopic (exact) mass is 357 g/mol. The third-order valence-electron chi connectivity index (χ3n) is 4.95. The van der Waals surface area contributed by atoms with Crippen LogP contribution in [0.25, 0.3) is 0 Å². The number of carbonyl (C=O) groups excluding carboxylic acids is 1. The highest BCUT2D eigenvalue weighted by Crippen LogP contribution is 2.29. The maximum atomic E-state index is 13.0. The van der Waals surface area contributed by atoms with Crippen LogP contribution in [0.4, 0.5) is 4.39 Å². The predicted molar refractivity (Wildman–Crippen MR) is 98.3 cm³/mol. The number of ether oxygens (including phenoxy) is 2. The van der Waals surface area contributed by atoms with Crippen molar-refractivity contribution in [3.63, 3.8) is 0 Å². The summed E-state index contributed by atoms with van der Waals surface area (Å²) in [6.07, 6.45) is 2.51. The van der Waals surface area contributed by atoms with E-state index in [4.69, 9.17) is 9.47 Å². The molecule has 26 heavy (non-hydrogen) atoms. The molecular weight excluding hydrogens is 333 g/mol. The first-order valence-electron chi connectivity index (χ1n) is 8.84. The molecule has 3 rings (SSSR count). The Labute approximate surface area is 153 Å². The molecule has 1 unspecified atom stereocenters. The molecule has 0 spiro atoms. The van der Waals surface area contributed by atoms with Crippen molar-refractivity contribution in [1.82, 2.24) is 4.90 Å². The van der Waals surface area contributed by atoms with Crippen LogP contribution in [-0.2, 0) is 6.54 Å². The Hall–Kier alpha value is -2.40. The lowest BCUT2D eigenvalue weighted by atomic mass is 10.0. The number of nitrogens with zero attached hydrogens (tertiary/aromatic N) is 1. The topological polar surface area (TPSA) is 38.8 Å². The molecule has 2 aromatic rings. The average Bonchev–Trinajstić information content (AvgIpc) is 3.09. The van der Waals surface area contributed by atoms with Gasteiger partial charge in [0.1, 0.15) is 17.3 Å². The SMILES string of the molecule is COc1ccc(CN2CCCC2CC(=O)c2ccc(F)cc2)c(OC)c1. The Balaban J connectivity index is 1.68. The van der Waals surface area contributed by atoms with Crippen LogP contribution in [0.15, 0.2) is 42.5 Å². The van der Waals surface area contributed by atoms with Crippen LogP contribution in [0.1, 0.15) is 35.2 Å². The zero-order valence-corrected chi connectivity index (χ0v) is 15.2. The number of ketones is 1. The molecule has 1 aliphatic heterocycles. The normalized spacial score (nSPS) is 17.3. The maximum absolute atomic E-state index is 13.0. The first kappa shape index (κ1) is 18.4. The molecular formula is C21H24FNO3. The van der Waals surface area contributed by atoms with Crippen LogP contribution in [0, 0.1) is 5.82 Å². The molecule has 1 heterocycles. The minimum absolute atomic E-state index is 0.0589. The van der Waals surface area contributed by atoms with Crippen molar-refractivity contribution in [1.29, 1.82) is 0 Å². The van der Waals surface area contributed by atoms with E-state index >= 15 is 0 Å². The van der Waals surface area contributed by atoms with E-state index in [-0.39, 0.29) is 17.6 Å². The van der Waals surface area contributed by atoms with E-state index in [1.54, 1.807) is 26.4 Å². The van der Waals surface area contributed by atoms with Gasteiger partial charge in [-0.2, -0.15) is 0 Å². The van der Waals surface area contributed by atoms with Gasteiger partial charge in [0.25, 0.3) is 0 Å². The zero-order valence-electron chi connectivity index (χ0n) is 15.2. The van der Waals surface area contributed by atoms with Gasteiger partial charge >= 0.3 is 0 Å². The number of methoxy groups -OCH3 is 2. The van der Waals surface area contributed by atoms with E-state index in [0.717, 1.165) is 43.0 Å². The molecule has 5 heteroatoms. The molecule has 0 aliphatic carbocycles. The van der Waals surface area contributed by atoms with Gasteiger partial charge in [-0.05, 0) is 49.7 Å². The van der Waals surface area contributed by atoms with Crippen LogP contribution in [0.5, 0.6) is 11.5 Å². The van der Waals surface area contributed by atoms with Crippen molar-refractivity contribution in [2.75, 3.05) is 20.8 Å². The molecule has 2 aromatic carbocycles. The molecule has 0 amide bonds. The molecule has 1 fully saturated rings. The van der Waals surface area contributed by atoms with Crippen LogP contribution in [0.2, 0.25) is 0 Å². The van der Waals surface area contributed by atoms with E-state index in [9.17, 15) is 9.18 Å². The summed E-state index contributed by atoms with van der Waals surface area (Å²) in [7, 11) is 3.28. The number of halogens is 1. The van der Waals surface area contributed by atoms with E-state index in [0.29, 0.717) is 12.0 Å². The summed E-state index contributed by atoms with van der Waals surface area (Å²) in [6.45, 7) is 1.69. The molecule has 0 radical (unpaired) electrons. The van der Waals surface area contributed by atoms with Gasteiger partial charge in [0.05, 0.1) is 14.2 Å². The van der Waals surface area contributed by atoms with Crippen LogP contribution < -0.4 is 9.47 Å². The summed E-state index contributed by atoms with van der Waals surface area (Å²) >= 11 is 0. The summed E-state index contributed by atoms with van der Waals surface area (Å²) in [4.78, 5) is 14.9. The summed E-state index contributed by atoms with van der Waals surface area (Å²) in [6, 6.07) is 11.8. The van der Waals surface area contributed by atoms with Crippen LogP contribution >= 0.6 is 0 Å². The fourth-order valence-corrected chi connectivity index (χ4v) is 3.50. The fraction of sp³-hybridized carbons (Fsp3) is 0.381. The van der Waals surface area contributed by atoms with Crippen molar-refractivity contribution in [2.45, 2.75) is 31.8 Å². The number of rotatable bonds is 7. The van der Waals surface area contributed by atoms with E-state index < -0.39 is 0 Å². The summed E-state index contributed by atoms with van der Waals surface area (Å²) in [5, 5.41) is 0. The van der Waals surface area contributed by atoms with Gasteiger partial charge in [0.15, 0.2) is 5.78 Å². The second kappa shape index (κ2) is 8.32. The van der Waals surface area contributed by atoms with Crippen molar-refractivity contribution >= 4 is 5.78 Å². The number of hydrogen-bond acceptors (Lipinski definition) is 4. The molecule has 1 saturated heterocycles. The Morgan fingerprint density at radius 2 is 1.92 bits per heavy atom. The van der Waals surface area contributed by atoms with E-state index in [2.05, 4.69) is 4.90 Å². The van der Waals surface area contributed by atoms with Crippen molar-refractivity contribution < 1.29 is 18.7 Å². The molecule has 0 N–H and O–H groups in total.